The van der Waals surface area contributed by atoms with Crippen LogP contribution in [0.2, 0.25) is 20.1 Å². The number of aliphatic hydroxyl groups is 2. The Balaban J connectivity index is 0.000000202. The molecule has 4 aliphatic rings. The van der Waals surface area contributed by atoms with Crippen molar-refractivity contribution in [2.75, 3.05) is 53.5 Å². The van der Waals surface area contributed by atoms with Crippen molar-refractivity contribution in [1.82, 2.24) is 19.6 Å². The number of hydrogen-bond acceptors (Lipinski definition) is 10. The van der Waals surface area contributed by atoms with Crippen molar-refractivity contribution in [1.29, 1.82) is 0 Å². The fourth-order valence-electron chi connectivity index (χ4n) is 13.1. The van der Waals surface area contributed by atoms with Gasteiger partial charge in [-0.15, -0.1) is 0 Å². The molecule has 4 heterocycles. The van der Waals surface area contributed by atoms with Gasteiger partial charge in [0.1, 0.15) is 11.6 Å². The van der Waals surface area contributed by atoms with Gasteiger partial charge in [-0.25, -0.2) is 8.78 Å². The highest BCUT2D eigenvalue weighted by molar-refractivity contribution is 6.31. The summed E-state index contributed by atoms with van der Waals surface area (Å²) in [6.45, 7) is 5.76. The zero-order valence-electron chi connectivity index (χ0n) is 46.9. The summed E-state index contributed by atoms with van der Waals surface area (Å²) in [4.78, 5) is 57.4. The van der Waals surface area contributed by atoms with Crippen LogP contribution < -0.4 is 0 Å². The van der Waals surface area contributed by atoms with Crippen LogP contribution in [0.25, 0.3) is 0 Å². The lowest BCUT2D eigenvalue weighted by Gasteiger charge is -2.41. The SMILES string of the molecule is CC[C@@](O)(c1cc(F)c2c(c1)C(=O)N(Cc1ccc(Cl)cc1)[C@@]2(OC)c1ccc(Cl)cc1)C1CCN(CC(=O)O)CC1.CC[C@](O)(c1cc(F)c2c(c1)C(=O)N(Cc1ccc(Cl)cc1)[C@@]2(OC)c1ccc(Cl)cc1)C1CCN(CC(=O)O)CC1. The molecule has 0 unspecified atom stereocenters. The summed E-state index contributed by atoms with van der Waals surface area (Å²) >= 11 is 24.5. The number of benzene rings is 6. The molecular weight excluding hydrogens is 1160 g/mol. The van der Waals surface area contributed by atoms with E-state index in [9.17, 15) is 29.4 Å². The summed E-state index contributed by atoms with van der Waals surface area (Å²) in [7, 11) is 2.87. The minimum Gasteiger partial charge on any atom is -0.480 e. The van der Waals surface area contributed by atoms with Gasteiger partial charge in [-0.1, -0.05) is 109 Å². The van der Waals surface area contributed by atoms with Crippen molar-refractivity contribution in [2.45, 2.75) is 88.1 Å². The normalized spacial score (nSPS) is 20.9. The number of carboxylic acids is 2. The third kappa shape index (κ3) is 11.8. The fraction of sp³-hybridized carbons (Fsp3) is 0.375. The maximum atomic E-state index is 16.5. The van der Waals surface area contributed by atoms with Crippen LogP contribution >= 0.6 is 46.4 Å². The van der Waals surface area contributed by atoms with Gasteiger partial charge in [0, 0.05) is 58.5 Å². The molecule has 4 aliphatic heterocycles. The molecule has 0 bridgehead atoms. The van der Waals surface area contributed by atoms with E-state index in [0.717, 1.165) is 11.1 Å². The van der Waals surface area contributed by atoms with Gasteiger partial charge in [-0.2, -0.15) is 0 Å². The number of methoxy groups -OCH3 is 2. The van der Waals surface area contributed by atoms with Crippen molar-refractivity contribution >= 4 is 70.2 Å². The topological polar surface area (TPSA) is 181 Å². The maximum absolute atomic E-state index is 16.5. The van der Waals surface area contributed by atoms with Crippen LogP contribution in [-0.4, -0.2) is 117 Å². The van der Waals surface area contributed by atoms with Gasteiger partial charge in [0.25, 0.3) is 11.8 Å². The largest absolute Gasteiger partial charge is 0.480 e. The summed E-state index contributed by atoms with van der Waals surface area (Å²) in [6, 6.07) is 33.4. The van der Waals surface area contributed by atoms with E-state index in [1.807, 2.05) is 23.6 Å². The molecule has 84 heavy (non-hydrogen) atoms. The van der Waals surface area contributed by atoms with Gasteiger partial charge in [-0.05, 0) is 172 Å². The van der Waals surface area contributed by atoms with Crippen LogP contribution in [0, 0.1) is 23.5 Å². The number of amides is 2. The second kappa shape index (κ2) is 25.5. The van der Waals surface area contributed by atoms with Crippen molar-refractivity contribution < 1.29 is 57.9 Å². The van der Waals surface area contributed by atoms with Crippen molar-refractivity contribution in [3.8, 4) is 0 Å². The van der Waals surface area contributed by atoms with E-state index in [2.05, 4.69) is 0 Å². The van der Waals surface area contributed by atoms with Crippen molar-refractivity contribution in [3.63, 3.8) is 0 Å². The van der Waals surface area contributed by atoms with E-state index in [0.29, 0.717) is 107 Å². The van der Waals surface area contributed by atoms with E-state index in [-0.39, 0.29) is 60.3 Å². The molecular formula is C64H66Cl4F2N4O10. The Labute approximate surface area is 507 Å². The fourth-order valence-corrected chi connectivity index (χ4v) is 13.6. The molecule has 14 nitrogen and oxygen atoms in total. The van der Waals surface area contributed by atoms with Crippen LogP contribution in [0.4, 0.5) is 8.78 Å². The standard InChI is InChI=1S/2C32H33Cl2FN2O5/c2*1-3-31(41,21-12-14-36(15-13-21)19-28(38)39)23-16-26-29(27(35)17-23)32(42-2,22-6-10-25(34)11-7-22)37(30(26)40)18-20-4-8-24(33)9-5-20/h2*4-11,16-17,21,41H,3,12-15,18-19H2,1-2H3,(H,38,39)/t31-,32+;31-,32-/m01/s1. The van der Waals surface area contributed by atoms with Crippen LogP contribution in [0.1, 0.15) is 118 Å². The number of likely N-dealkylation sites (tertiary alicyclic amines) is 2. The molecule has 20 heteroatoms. The first-order valence-corrected chi connectivity index (χ1v) is 29.3. The van der Waals surface area contributed by atoms with Crippen LogP contribution in [0.15, 0.2) is 121 Å². The van der Waals surface area contributed by atoms with Gasteiger partial charge >= 0.3 is 11.9 Å². The lowest BCUT2D eigenvalue weighted by Crippen LogP contribution is -2.46. The highest BCUT2D eigenvalue weighted by Crippen LogP contribution is 2.52. The van der Waals surface area contributed by atoms with Crippen LogP contribution in [0.3, 0.4) is 0 Å². The smallest absolute Gasteiger partial charge is 0.317 e. The number of rotatable bonds is 18. The second-order valence-electron chi connectivity index (χ2n) is 22.0. The summed E-state index contributed by atoms with van der Waals surface area (Å²) in [5.41, 5.74) is -2.39. The van der Waals surface area contributed by atoms with Gasteiger partial charge < -0.3 is 29.9 Å². The Hall–Kier alpha value is -6.02. The van der Waals surface area contributed by atoms with E-state index >= 15 is 8.78 Å². The molecule has 4 N–H and O–H groups in total. The number of ether oxygens (including phenoxy) is 2. The Morgan fingerprint density at radius 2 is 0.833 bits per heavy atom. The molecule has 2 amide bonds. The maximum Gasteiger partial charge on any atom is 0.317 e. The number of halogens is 6. The van der Waals surface area contributed by atoms with E-state index in [4.69, 9.17) is 66.1 Å². The lowest BCUT2D eigenvalue weighted by atomic mass is 9.73. The third-order valence-electron chi connectivity index (χ3n) is 17.5. The molecule has 0 spiro atoms. The predicted molar refractivity (Wildman–Crippen MR) is 316 cm³/mol. The zero-order valence-corrected chi connectivity index (χ0v) is 49.9. The molecule has 2 fully saturated rings. The Morgan fingerprint density at radius 1 is 0.536 bits per heavy atom. The van der Waals surface area contributed by atoms with Crippen molar-refractivity contribution in [3.05, 3.63) is 209 Å². The minimum atomic E-state index is -1.59. The van der Waals surface area contributed by atoms with E-state index in [1.165, 1.54) is 36.2 Å². The Kier molecular flexibility index (Phi) is 19.0. The van der Waals surface area contributed by atoms with Gasteiger partial charge in [0.2, 0.25) is 0 Å². The quantitative estimate of drug-likeness (QED) is 0.0640. The molecule has 0 aromatic heterocycles. The average molecular weight is 1230 g/mol. The average Bonchev–Trinajstić information content (AvgIpc) is 1.89. The van der Waals surface area contributed by atoms with Crippen LogP contribution in [-0.2, 0) is 54.8 Å². The first-order chi connectivity index (χ1) is 40.1. The van der Waals surface area contributed by atoms with E-state index in [1.54, 1.807) is 109 Å². The number of aliphatic carboxylic acids is 2. The Bertz CT molecular complexity index is 3180. The molecule has 6 aromatic rings. The first-order valence-electron chi connectivity index (χ1n) is 27.8. The zero-order chi connectivity index (χ0) is 60.5. The molecule has 0 saturated carbocycles. The van der Waals surface area contributed by atoms with Gasteiger partial charge in [0.05, 0.1) is 46.5 Å². The second-order valence-corrected chi connectivity index (χ2v) is 23.7. The van der Waals surface area contributed by atoms with Gasteiger partial charge in [0.15, 0.2) is 11.4 Å². The Morgan fingerprint density at radius 3 is 1.11 bits per heavy atom. The summed E-state index contributed by atoms with van der Waals surface area (Å²) < 4.78 is 45.2. The van der Waals surface area contributed by atoms with Crippen LogP contribution in [0.5, 0.6) is 0 Å². The number of carbonyl (C=O) groups is 4. The number of piperidine rings is 2. The molecule has 444 valence electrons. The highest BCUT2D eigenvalue weighted by Gasteiger charge is 2.56. The van der Waals surface area contributed by atoms with Gasteiger partial charge in [-0.3, -0.25) is 38.8 Å². The number of carbonyl (C=O) groups excluding carboxylic acids is 2. The number of nitrogens with zero attached hydrogens (tertiary/aromatic N) is 4. The van der Waals surface area contributed by atoms with E-state index < -0.39 is 58.0 Å². The number of fused-ring (bicyclic) bond motifs is 2. The first kappa shape index (κ1) is 62.5. The highest BCUT2D eigenvalue weighted by atomic mass is 35.5. The predicted octanol–water partition coefficient (Wildman–Crippen LogP) is 12.1. The molecule has 4 atom stereocenters. The lowest BCUT2D eigenvalue weighted by molar-refractivity contribution is -0.140. The molecule has 10 rings (SSSR count). The summed E-state index contributed by atoms with van der Waals surface area (Å²) in [5, 5.41) is 44.4. The molecule has 0 aliphatic carbocycles. The minimum absolute atomic E-state index is 0.0630. The number of carboxylic acid groups (broad SMARTS) is 2. The molecule has 2 saturated heterocycles. The summed E-state index contributed by atoms with van der Waals surface area (Å²) in [5.74, 6) is -4.49. The monoisotopic (exact) mass is 1230 g/mol. The molecule has 0 radical (unpaired) electrons. The van der Waals surface area contributed by atoms with Crippen molar-refractivity contribution in [2.24, 2.45) is 11.8 Å². The molecule has 6 aromatic carbocycles. The summed E-state index contributed by atoms with van der Waals surface area (Å²) in [6.07, 6.45) is 2.76. The third-order valence-corrected chi connectivity index (χ3v) is 18.5. The number of hydrogen-bond donors (Lipinski definition) is 4.